The van der Waals surface area contributed by atoms with Crippen molar-refractivity contribution in [2.75, 3.05) is 6.61 Å². The van der Waals surface area contributed by atoms with Crippen LogP contribution in [0.5, 0.6) is 5.75 Å². The van der Waals surface area contributed by atoms with Crippen molar-refractivity contribution in [3.05, 3.63) is 29.8 Å². The summed E-state index contributed by atoms with van der Waals surface area (Å²) in [6, 6.07) is 6.11. The van der Waals surface area contributed by atoms with E-state index in [1.807, 2.05) is 0 Å². The van der Waals surface area contributed by atoms with Gasteiger partial charge in [0, 0.05) is 0 Å². The van der Waals surface area contributed by atoms with Crippen LogP contribution in [0.3, 0.4) is 0 Å². The molecule has 0 amide bonds. The van der Waals surface area contributed by atoms with Gasteiger partial charge in [0.05, 0.1) is 12.2 Å². The summed E-state index contributed by atoms with van der Waals surface area (Å²) in [6.45, 7) is 1.85. The van der Waals surface area contributed by atoms with Crippen LogP contribution >= 0.6 is 0 Å². The third-order valence-corrected chi connectivity index (χ3v) is 4.30. The minimum Gasteiger partial charge on any atom is -0.462 e. The lowest BCUT2D eigenvalue weighted by molar-refractivity contribution is -0.277. The Morgan fingerprint density at radius 3 is 2.29 bits per heavy atom. The lowest BCUT2D eigenvalue weighted by Crippen LogP contribution is -2.60. The summed E-state index contributed by atoms with van der Waals surface area (Å²) in [7, 11) is 0. The summed E-state index contributed by atoms with van der Waals surface area (Å²) < 4.78 is 15.6. The molecule has 10 nitrogen and oxygen atoms in total. The molecule has 0 aliphatic carbocycles. The van der Waals surface area contributed by atoms with Gasteiger partial charge in [-0.15, -0.1) is 0 Å². The second-order valence-electron chi connectivity index (χ2n) is 7.12. The number of hydrogen-bond donors (Lipinski definition) is 6. The minimum absolute atomic E-state index is 0.147. The molecule has 6 atom stereocenters. The number of carbonyl (C=O) groups excluding carboxylic acids is 1. The van der Waals surface area contributed by atoms with Crippen LogP contribution in [0.1, 0.15) is 19.4 Å². The number of carbonyl (C=O) groups is 1. The topological polar surface area (TPSA) is 166 Å². The van der Waals surface area contributed by atoms with Gasteiger partial charge in [-0.2, -0.15) is 0 Å². The van der Waals surface area contributed by atoms with Crippen molar-refractivity contribution in [2.45, 2.75) is 62.9 Å². The van der Waals surface area contributed by atoms with Gasteiger partial charge in [0.25, 0.3) is 0 Å². The normalized spacial score (nSPS) is 29.2. The first-order valence-electron chi connectivity index (χ1n) is 8.67. The molecule has 1 fully saturated rings. The van der Waals surface area contributed by atoms with Crippen LogP contribution < -0.4 is 4.74 Å². The Morgan fingerprint density at radius 1 is 1.14 bits per heavy atom. The monoisotopic (exact) mass is 402 g/mol. The highest BCUT2D eigenvalue weighted by atomic mass is 16.7. The molecule has 6 N–H and O–H groups in total. The Balaban J connectivity index is 1.93. The van der Waals surface area contributed by atoms with E-state index >= 15 is 0 Å². The molecule has 1 heterocycles. The maximum Gasteiger partial charge on any atom is 0.338 e. The van der Waals surface area contributed by atoms with Gasteiger partial charge in [-0.3, -0.25) is 0 Å². The Bertz CT molecular complexity index is 639. The molecule has 1 aromatic rings. The predicted octanol–water partition coefficient (Wildman–Crippen LogP) is -1.96. The van der Waals surface area contributed by atoms with Gasteiger partial charge in [-0.25, -0.2) is 4.79 Å². The van der Waals surface area contributed by atoms with E-state index in [0.717, 1.165) is 0 Å². The van der Waals surface area contributed by atoms with Gasteiger partial charge in [0.15, 0.2) is 6.10 Å². The molecular weight excluding hydrogens is 376 g/mol. The van der Waals surface area contributed by atoms with Crippen LogP contribution in [0.2, 0.25) is 0 Å². The summed E-state index contributed by atoms with van der Waals surface area (Å²) >= 11 is 0. The molecule has 0 aromatic heterocycles. The molecule has 2 rings (SSSR count). The number of benzene rings is 1. The molecule has 0 spiro atoms. The molecule has 10 heteroatoms. The Kier molecular flexibility index (Phi) is 7.34. The van der Waals surface area contributed by atoms with Crippen molar-refractivity contribution in [3.63, 3.8) is 0 Å². The molecule has 1 aliphatic rings. The van der Waals surface area contributed by atoms with Crippen LogP contribution in [0.4, 0.5) is 0 Å². The fourth-order valence-electron chi connectivity index (χ4n) is 2.48. The van der Waals surface area contributed by atoms with E-state index in [9.17, 15) is 35.4 Å². The maximum absolute atomic E-state index is 11.7. The number of aliphatic hydroxyl groups is 6. The molecule has 0 unspecified atom stereocenters. The number of hydrogen-bond acceptors (Lipinski definition) is 10. The van der Waals surface area contributed by atoms with E-state index in [0.29, 0.717) is 5.56 Å². The van der Waals surface area contributed by atoms with E-state index in [1.165, 1.54) is 26.0 Å². The highest BCUT2D eigenvalue weighted by molar-refractivity contribution is 5.75. The molecule has 0 saturated carbocycles. The Hall–Kier alpha value is -1.79. The van der Waals surface area contributed by atoms with Crippen LogP contribution in [0.15, 0.2) is 24.3 Å². The third kappa shape index (κ3) is 5.39. The molecule has 1 saturated heterocycles. The lowest BCUT2D eigenvalue weighted by Gasteiger charge is -2.39. The van der Waals surface area contributed by atoms with Gasteiger partial charge < -0.3 is 44.8 Å². The smallest absolute Gasteiger partial charge is 0.338 e. The molecule has 1 aromatic carbocycles. The van der Waals surface area contributed by atoms with Crippen LogP contribution in [-0.2, 0) is 20.9 Å². The molecule has 0 bridgehead atoms. The van der Waals surface area contributed by atoms with Crippen molar-refractivity contribution in [1.29, 1.82) is 0 Å². The zero-order chi connectivity index (χ0) is 21.1. The average molecular weight is 402 g/mol. The van der Waals surface area contributed by atoms with Crippen LogP contribution in [-0.4, -0.2) is 85.6 Å². The van der Waals surface area contributed by atoms with Gasteiger partial charge in [-0.05, 0) is 31.5 Å². The molecule has 1 aliphatic heterocycles. The van der Waals surface area contributed by atoms with Gasteiger partial charge in [-0.1, -0.05) is 12.1 Å². The maximum atomic E-state index is 11.7. The van der Waals surface area contributed by atoms with Gasteiger partial charge >= 0.3 is 5.97 Å². The Labute approximate surface area is 161 Å². The SMILES string of the molecule is CC(C)(O)[C@H](O)C(=O)OCc1ccc(O[C@@H]2O[C@H](CO)[C@@H](O)[C@H](O)[C@H]2O)cc1. The minimum atomic E-state index is -1.68. The van der Waals surface area contributed by atoms with E-state index < -0.39 is 55.0 Å². The lowest BCUT2D eigenvalue weighted by atomic mass is 9.99. The van der Waals surface area contributed by atoms with Crippen LogP contribution in [0, 0.1) is 0 Å². The first-order chi connectivity index (χ1) is 13.0. The van der Waals surface area contributed by atoms with Crippen molar-refractivity contribution in [2.24, 2.45) is 0 Å². The fourth-order valence-corrected chi connectivity index (χ4v) is 2.48. The molecular formula is C18H26O10. The highest BCUT2D eigenvalue weighted by Gasteiger charge is 2.44. The Morgan fingerprint density at radius 2 is 1.75 bits per heavy atom. The molecule has 158 valence electrons. The highest BCUT2D eigenvalue weighted by Crippen LogP contribution is 2.24. The zero-order valence-corrected chi connectivity index (χ0v) is 15.5. The number of ether oxygens (including phenoxy) is 3. The van der Waals surface area contributed by atoms with E-state index in [2.05, 4.69) is 0 Å². The van der Waals surface area contributed by atoms with E-state index in [-0.39, 0.29) is 12.4 Å². The number of rotatable bonds is 7. The first-order valence-corrected chi connectivity index (χ1v) is 8.67. The summed E-state index contributed by atoms with van der Waals surface area (Å²) in [6.07, 6.45) is -8.61. The van der Waals surface area contributed by atoms with Crippen molar-refractivity contribution in [1.82, 2.24) is 0 Å². The van der Waals surface area contributed by atoms with Gasteiger partial charge in [0.1, 0.15) is 36.8 Å². The predicted molar refractivity (Wildman–Crippen MR) is 92.9 cm³/mol. The standard InChI is InChI=1S/C18H26O10/c1-18(2,25)15(23)16(24)26-8-9-3-5-10(6-4-9)27-17-14(22)13(21)12(20)11(7-19)28-17/h3-6,11-15,17,19-23,25H,7-8H2,1-2H3/t11-,12-,13+,14-,15-,17-/m1/s1. The third-order valence-electron chi connectivity index (χ3n) is 4.30. The fraction of sp³-hybridized carbons (Fsp3) is 0.611. The summed E-state index contributed by atoms with van der Waals surface area (Å²) in [5.74, 6) is -0.704. The summed E-state index contributed by atoms with van der Waals surface area (Å²) in [5.41, 5.74) is -1.06. The van der Waals surface area contributed by atoms with E-state index in [4.69, 9.17) is 14.2 Å². The molecule has 28 heavy (non-hydrogen) atoms. The average Bonchev–Trinajstić information content (AvgIpc) is 2.66. The zero-order valence-electron chi connectivity index (χ0n) is 15.5. The second-order valence-corrected chi connectivity index (χ2v) is 7.12. The summed E-state index contributed by atoms with van der Waals surface area (Å²) in [4.78, 5) is 11.7. The van der Waals surface area contributed by atoms with Crippen LogP contribution in [0.25, 0.3) is 0 Å². The van der Waals surface area contributed by atoms with Gasteiger partial charge in [0.2, 0.25) is 6.29 Å². The number of aliphatic hydroxyl groups excluding tert-OH is 5. The van der Waals surface area contributed by atoms with Crippen molar-refractivity contribution < 1.29 is 49.6 Å². The molecule has 0 radical (unpaired) electrons. The van der Waals surface area contributed by atoms with E-state index in [1.54, 1.807) is 12.1 Å². The quantitative estimate of drug-likeness (QED) is 0.282. The second kappa shape index (κ2) is 9.14. The number of esters is 1. The van der Waals surface area contributed by atoms with Crippen molar-refractivity contribution >= 4 is 5.97 Å². The largest absolute Gasteiger partial charge is 0.462 e. The van der Waals surface area contributed by atoms with Crippen molar-refractivity contribution in [3.8, 4) is 5.75 Å². The summed E-state index contributed by atoms with van der Waals surface area (Å²) in [5, 5.41) is 57.8. The first kappa shape index (κ1) is 22.5.